The number of ketones is 1. The number of carboxylic acid groups (broad SMARTS) is 1. The first-order valence-corrected chi connectivity index (χ1v) is 5.92. The summed E-state index contributed by atoms with van der Waals surface area (Å²) in [4.78, 5) is 26.5. The van der Waals surface area contributed by atoms with Gasteiger partial charge in [0.05, 0.1) is 12.7 Å². The molecule has 0 saturated carbocycles. The summed E-state index contributed by atoms with van der Waals surface area (Å²) < 4.78 is 1.83. The van der Waals surface area contributed by atoms with Gasteiger partial charge in [-0.15, -0.1) is 0 Å². The van der Waals surface area contributed by atoms with Crippen molar-refractivity contribution < 1.29 is 14.7 Å². The lowest BCUT2D eigenvalue weighted by Crippen LogP contribution is -2.15. The third kappa shape index (κ3) is 3.07. The van der Waals surface area contributed by atoms with Gasteiger partial charge in [0.15, 0.2) is 5.78 Å². The molecule has 0 amide bonds. The van der Waals surface area contributed by atoms with Gasteiger partial charge in [0.2, 0.25) is 0 Å². The summed E-state index contributed by atoms with van der Waals surface area (Å²) in [5, 5.41) is 8.69. The Morgan fingerprint density at radius 2 is 2.00 bits per heavy atom. The summed E-state index contributed by atoms with van der Waals surface area (Å²) in [5.74, 6) is -1.63. The Morgan fingerprint density at radius 3 is 2.53 bits per heavy atom. The van der Waals surface area contributed by atoms with Crippen LogP contribution in [0.1, 0.15) is 23.7 Å². The van der Waals surface area contributed by atoms with Crippen molar-refractivity contribution in [1.82, 2.24) is 9.55 Å². The molecular weight excluding hydrogens is 244 g/mol. The predicted octanol–water partition coefficient (Wildman–Crippen LogP) is 2.17. The maximum absolute atomic E-state index is 12.0. The summed E-state index contributed by atoms with van der Waals surface area (Å²) in [6.07, 6.45) is 5.00. The zero-order valence-electron chi connectivity index (χ0n) is 10.5. The van der Waals surface area contributed by atoms with Gasteiger partial charge in [-0.05, 0) is 24.3 Å². The highest BCUT2D eigenvalue weighted by Gasteiger charge is 2.18. The summed E-state index contributed by atoms with van der Waals surface area (Å²) in [6.45, 7) is 1.63. The molecule has 1 aromatic heterocycles. The van der Waals surface area contributed by atoms with Crippen LogP contribution in [0.2, 0.25) is 0 Å². The first-order valence-electron chi connectivity index (χ1n) is 5.92. The van der Waals surface area contributed by atoms with Crippen LogP contribution >= 0.6 is 0 Å². The number of hydrogen-bond donors (Lipinski definition) is 1. The molecule has 5 nitrogen and oxygen atoms in total. The lowest BCUT2D eigenvalue weighted by atomic mass is 9.96. The van der Waals surface area contributed by atoms with Crippen LogP contribution in [0, 0.1) is 5.92 Å². The van der Waals surface area contributed by atoms with Gasteiger partial charge in [0, 0.05) is 29.6 Å². The summed E-state index contributed by atoms with van der Waals surface area (Å²) in [5.41, 5.74) is 1.43. The Balaban J connectivity index is 2.14. The fourth-order valence-corrected chi connectivity index (χ4v) is 1.85. The van der Waals surface area contributed by atoms with E-state index in [1.807, 2.05) is 22.9 Å². The van der Waals surface area contributed by atoms with Crippen LogP contribution < -0.4 is 0 Å². The molecule has 1 aromatic carbocycles. The quantitative estimate of drug-likeness (QED) is 0.834. The van der Waals surface area contributed by atoms with Crippen molar-refractivity contribution in [2.45, 2.75) is 13.3 Å². The molecule has 2 rings (SSSR count). The summed E-state index contributed by atoms with van der Waals surface area (Å²) in [6, 6.07) is 7.02. The van der Waals surface area contributed by atoms with Gasteiger partial charge in [-0.2, -0.15) is 0 Å². The number of carbonyl (C=O) groups excluding carboxylic acids is 1. The van der Waals surface area contributed by atoms with Gasteiger partial charge in [0.25, 0.3) is 0 Å². The van der Waals surface area contributed by atoms with Gasteiger partial charge in [-0.25, -0.2) is 4.98 Å². The Labute approximate surface area is 110 Å². The average molecular weight is 258 g/mol. The van der Waals surface area contributed by atoms with Crippen molar-refractivity contribution in [3.05, 3.63) is 48.5 Å². The highest BCUT2D eigenvalue weighted by Crippen LogP contribution is 2.15. The number of rotatable bonds is 5. The van der Waals surface area contributed by atoms with E-state index < -0.39 is 11.9 Å². The number of carboxylic acids is 1. The molecule has 0 aliphatic heterocycles. The molecule has 1 N–H and O–H groups in total. The molecule has 0 bridgehead atoms. The number of nitrogens with zero attached hydrogens (tertiary/aromatic N) is 2. The second-order valence-corrected chi connectivity index (χ2v) is 4.38. The molecule has 0 fully saturated rings. The lowest BCUT2D eigenvalue weighted by Gasteiger charge is -2.08. The number of aliphatic carboxylic acids is 1. The van der Waals surface area contributed by atoms with Crippen LogP contribution in [0.15, 0.2) is 43.0 Å². The smallest absolute Gasteiger partial charge is 0.304 e. The van der Waals surface area contributed by atoms with Crippen LogP contribution in [0.25, 0.3) is 5.69 Å². The van der Waals surface area contributed by atoms with E-state index in [2.05, 4.69) is 4.98 Å². The lowest BCUT2D eigenvalue weighted by molar-refractivity contribution is -0.137. The van der Waals surface area contributed by atoms with Gasteiger partial charge < -0.3 is 9.67 Å². The highest BCUT2D eigenvalue weighted by molar-refractivity contribution is 5.99. The predicted molar refractivity (Wildman–Crippen MR) is 69.3 cm³/mol. The fraction of sp³-hybridized carbons (Fsp3) is 0.214. The Hall–Kier alpha value is -2.43. The topological polar surface area (TPSA) is 72.2 Å². The van der Waals surface area contributed by atoms with Crippen LogP contribution in [0.4, 0.5) is 0 Å². The van der Waals surface area contributed by atoms with Crippen molar-refractivity contribution in [2.75, 3.05) is 0 Å². The Morgan fingerprint density at radius 1 is 1.32 bits per heavy atom. The second-order valence-electron chi connectivity index (χ2n) is 4.38. The number of aromatic nitrogens is 2. The van der Waals surface area contributed by atoms with Gasteiger partial charge in [-0.1, -0.05) is 6.92 Å². The molecule has 0 saturated heterocycles. The SMILES string of the molecule is C[C@@H](CC(=O)O)C(=O)c1ccc(-n2ccnc2)cc1. The van der Waals surface area contributed by atoms with Gasteiger partial charge in [0.1, 0.15) is 0 Å². The van der Waals surface area contributed by atoms with E-state index in [1.54, 1.807) is 31.6 Å². The van der Waals surface area contributed by atoms with Crippen molar-refractivity contribution in [1.29, 1.82) is 0 Å². The van der Waals surface area contributed by atoms with Crippen molar-refractivity contribution in [2.24, 2.45) is 5.92 Å². The fourth-order valence-electron chi connectivity index (χ4n) is 1.85. The molecule has 0 aliphatic carbocycles. The van der Waals surface area contributed by atoms with E-state index in [0.717, 1.165) is 5.69 Å². The monoisotopic (exact) mass is 258 g/mol. The Bertz CT molecular complexity index is 573. The number of carbonyl (C=O) groups is 2. The number of hydrogen-bond acceptors (Lipinski definition) is 3. The molecule has 98 valence electrons. The minimum atomic E-state index is -0.962. The molecule has 0 spiro atoms. The first kappa shape index (κ1) is 13.0. The zero-order valence-corrected chi connectivity index (χ0v) is 10.5. The maximum atomic E-state index is 12.0. The van der Waals surface area contributed by atoms with Gasteiger partial charge in [-0.3, -0.25) is 9.59 Å². The minimum Gasteiger partial charge on any atom is -0.481 e. The molecule has 1 atom stereocenters. The third-order valence-corrected chi connectivity index (χ3v) is 2.88. The minimum absolute atomic E-state index is 0.151. The van der Waals surface area contributed by atoms with E-state index in [9.17, 15) is 9.59 Å². The van der Waals surface area contributed by atoms with Crippen LogP contribution in [-0.2, 0) is 4.79 Å². The second kappa shape index (κ2) is 5.48. The zero-order chi connectivity index (χ0) is 13.8. The molecule has 2 aromatic rings. The first-order chi connectivity index (χ1) is 9.08. The van der Waals surface area contributed by atoms with Crippen LogP contribution in [0.5, 0.6) is 0 Å². The maximum Gasteiger partial charge on any atom is 0.304 e. The van der Waals surface area contributed by atoms with E-state index >= 15 is 0 Å². The van der Waals surface area contributed by atoms with E-state index in [0.29, 0.717) is 5.56 Å². The summed E-state index contributed by atoms with van der Waals surface area (Å²) in [7, 11) is 0. The van der Waals surface area contributed by atoms with Crippen molar-refractivity contribution in [3.63, 3.8) is 0 Å². The average Bonchev–Trinajstić information content (AvgIpc) is 2.91. The van der Waals surface area contributed by atoms with Crippen LogP contribution in [0.3, 0.4) is 0 Å². The standard InChI is InChI=1S/C14H14N2O3/c1-10(8-13(17)18)14(19)11-2-4-12(5-3-11)16-7-6-15-9-16/h2-7,9-10H,8H2,1H3,(H,17,18)/t10-/m0/s1. The van der Waals surface area contributed by atoms with Crippen molar-refractivity contribution in [3.8, 4) is 5.69 Å². The highest BCUT2D eigenvalue weighted by atomic mass is 16.4. The Kier molecular flexibility index (Phi) is 3.75. The molecule has 0 radical (unpaired) electrons. The van der Waals surface area contributed by atoms with E-state index in [-0.39, 0.29) is 12.2 Å². The van der Waals surface area contributed by atoms with Gasteiger partial charge >= 0.3 is 5.97 Å². The largest absolute Gasteiger partial charge is 0.481 e. The molecule has 0 aliphatic rings. The molecular formula is C14H14N2O3. The molecule has 0 unspecified atom stereocenters. The third-order valence-electron chi connectivity index (χ3n) is 2.88. The molecule has 1 heterocycles. The molecule has 19 heavy (non-hydrogen) atoms. The number of imidazole rings is 1. The normalized spacial score (nSPS) is 12.1. The van der Waals surface area contributed by atoms with Crippen molar-refractivity contribution >= 4 is 11.8 Å². The molecule has 5 heteroatoms. The summed E-state index contributed by atoms with van der Waals surface area (Å²) >= 11 is 0. The number of Topliss-reactive ketones (excluding diaryl/α,β-unsaturated/α-hetero) is 1. The van der Waals surface area contributed by atoms with E-state index in [4.69, 9.17) is 5.11 Å². The van der Waals surface area contributed by atoms with E-state index in [1.165, 1.54) is 0 Å². The number of benzene rings is 1. The van der Waals surface area contributed by atoms with Crippen LogP contribution in [-0.4, -0.2) is 26.4 Å².